The molecule has 1 N–H and O–H groups in total. The Balaban J connectivity index is 3.50. The topological polar surface area (TPSA) is 46.5 Å². The van der Waals surface area contributed by atoms with E-state index in [4.69, 9.17) is 0 Å². The number of carbonyl (C=O) groups is 1. The molecular formula is C21H40O3. The number of aliphatic hydroxyl groups excluding tert-OH is 1. The molecule has 0 aromatic rings. The number of esters is 1. The second kappa shape index (κ2) is 17.0. The lowest BCUT2D eigenvalue weighted by molar-refractivity contribution is -0.140. The van der Waals surface area contributed by atoms with Crippen molar-refractivity contribution in [3.05, 3.63) is 11.6 Å². The Kier molecular flexibility index (Phi) is 16.4. The molecule has 24 heavy (non-hydrogen) atoms. The third kappa shape index (κ3) is 16.0. The summed E-state index contributed by atoms with van der Waals surface area (Å²) in [4.78, 5) is 11.0. The molecule has 0 aromatic carbocycles. The van der Waals surface area contributed by atoms with Gasteiger partial charge in [-0.15, -0.1) is 0 Å². The number of methoxy groups -OCH3 is 1. The van der Waals surface area contributed by atoms with E-state index in [9.17, 15) is 9.90 Å². The Bertz CT molecular complexity index is 323. The number of ether oxygens (including phenoxy) is 1. The molecule has 0 aliphatic heterocycles. The van der Waals surface area contributed by atoms with Crippen LogP contribution in [0, 0.1) is 0 Å². The molecule has 0 aromatic heterocycles. The summed E-state index contributed by atoms with van der Waals surface area (Å²) >= 11 is 0. The van der Waals surface area contributed by atoms with Gasteiger partial charge in [0.15, 0.2) is 0 Å². The van der Waals surface area contributed by atoms with E-state index in [2.05, 4.69) is 24.7 Å². The van der Waals surface area contributed by atoms with E-state index in [1.54, 1.807) is 0 Å². The Hall–Kier alpha value is -0.830. The van der Waals surface area contributed by atoms with E-state index in [1.807, 2.05) is 0 Å². The van der Waals surface area contributed by atoms with Crippen LogP contribution in [0.25, 0.3) is 0 Å². The third-order valence-electron chi connectivity index (χ3n) is 4.50. The Morgan fingerprint density at radius 3 is 2.17 bits per heavy atom. The number of allylic oxidation sites excluding steroid dienone is 1. The molecule has 0 rings (SSSR count). The van der Waals surface area contributed by atoms with Crippen LogP contribution in [0.4, 0.5) is 0 Å². The van der Waals surface area contributed by atoms with Crippen LogP contribution in [-0.4, -0.2) is 24.3 Å². The first-order valence-electron chi connectivity index (χ1n) is 10.0. The maximum Gasteiger partial charge on any atom is 0.305 e. The molecule has 3 nitrogen and oxygen atoms in total. The predicted molar refractivity (Wildman–Crippen MR) is 102 cm³/mol. The monoisotopic (exact) mass is 340 g/mol. The van der Waals surface area contributed by atoms with Crippen molar-refractivity contribution in [2.75, 3.05) is 7.11 Å². The molecule has 0 aliphatic carbocycles. The van der Waals surface area contributed by atoms with E-state index in [0.29, 0.717) is 19.3 Å². The van der Waals surface area contributed by atoms with Crippen LogP contribution in [0.2, 0.25) is 0 Å². The number of hydrogen-bond acceptors (Lipinski definition) is 3. The summed E-state index contributed by atoms with van der Waals surface area (Å²) in [6.45, 7) is 4.36. The summed E-state index contributed by atoms with van der Waals surface area (Å²) in [5.41, 5.74) is 1.26. The lowest BCUT2D eigenvalue weighted by Crippen LogP contribution is -2.08. The van der Waals surface area contributed by atoms with Crippen LogP contribution in [0.1, 0.15) is 104 Å². The summed E-state index contributed by atoms with van der Waals surface area (Å²) in [7, 11) is 1.40. The summed E-state index contributed by atoms with van der Waals surface area (Å²) in [6, 6.07) is 0. The zero-order valence-corrected chi connectivity index (χ0v) is 16.3. The zero-order valence-electron chi connectivity index (χ0n) is 16.3. The van der Waals surface area contributed by atoms with Crippen molar-refractivity contribution in [3.8, 4) is 0 Å². The van der Waals surface area contributed by atoms with E-state index < -0.39 is 0 Å². The number of carbonyl (C=O) groups excluding carboxylic acids is 1. The molecule has 0 saturated carbocycles. The zero-order chi connectivity index (χ0) is 18.0. The number of unbranched alkanes of at least 4 members (excludes halogenated alkanes) is 9. The number of aliphatic hydroxyl groups is 1. The van der Waals surface area contributed by atoms with E-state index in [-0.39, 0.29) is 12.1 Å². The van der Waals surface area contributed by atoms with Gasteiger partial charge in [-0.3, -0.25) is 4.79 Å². The molecule has 0 heterocycles. The highest BCUT2D eigenvalue weighted by Crippen LogP contribution is 2.14. The van der Waals surface area contributed by atoms with Gasteiger partial charge >= 0.3 is 5.97 Å². The van der Waals surface area contributed by atoms with Crippen molar-refractivity contribution in [3.63, 3.8) is 0 Å². The minimum absolute atomic E-state index is 0.195. The standard InChI is InChI=1S/C21H40O3/c1-4-5-6-7-8-9-10-11-12-13-15-19(2)18-20(22)16-14-17-21(23)24-3/h15,20,22H,4-14,16-18H2,1-3H3. The van der Waals surface area contributed by atoms with Gasteiger partial charge in [0, 0.05) is 6.42 Å². The van der Waals surface area contributed by atoms with E-state index in [1.165, 1.54) is 70.5 Å². The van der Waals surface area contributed by atoms with Gasteiger partial charge in [0.2, 0.25) is 0 Å². The molecular weight excluding hydrogens is 300 g/mol. The SMILES string of the molecule is CCCCCCCCCCCC=C(C)CC(O)CCCC(=O)OC. The van der Waals surface area contributed by atoms with Gasteiger partial charge in [0.05, 0.1) is 13.2 Å². The molecule has 142 valence electrons. The maximum absolute atomic E-state index is 11.0. The fraction of sp³-hybridized carbons (Fsp3) is 0.857. The Labute approximate surface area is 149 Å². The Morgan fingerprint density at radius 1 is 1.00 bits per heavy atom. The number of rotatable bonds is 16. The van der Waals surface area contributed by atoms with Crippen LogP contribution in [-0.2, 0) is 9.53 Å². The fourth-order valence-corrected chi connectivity index (χ4v) is 2.94. The van der Waals surface area contributed by atoms with Crippen LogP contribution in [0.15, 0.2) is 11.6 Å². The molecule has 0 aliphatic rings. The first kappa shape index (κ1) is 23.2. The maximum atomic E-state index is 11.0. The van der Waals surface area contributed by atoms with Crippen molar-refractivity contribution < 1.29 is 14.6 Å². The summed E-state index contributed by atoms with van der Waals surface area (Å²) in [5.74, 6) is -0.195. The average Bonchev–Trinajstić information content (AvgIpc) is 2.56. The largest absolute Gasteiger partial charge is 0.469 e. The lowest BCUT2D eigenvalue weighted by atomic mass is 10.0. The van der Waals surface area contributed by atoms with Crippen LogP contribution in [0.5, 0.6) is 0 Å². The molecule has 1 unspecified atom stereocenters. The number of hydrogen-bond donors (Lipinski definition) is 1. The fourth-order valence-electron chi connectivity index (χ4n) is 2.94. The summed E-state index contributed by atoms with van der Waals surface area (Å²) in [5, 5.41) is 9.97. The van der Waals surface area contributed by atoms with Crippen molar-refractivity contribution in [1.82, 2.24) is 0 Å². The van der Waals surface area contributed by atoms with Gasteiger partial charge in [-0.25, -0.2) is 0 Å². The van der Waals surface area contributed by atoms with Crippen molar-refractivity contribution >= 4 is 5.97 Å². The first-order valence-corrected chi connectivity index (χ1v) is 10.0. The van der Waals surface area contributed by atoms with Crippen LogP contribution < -0.4 is 0 Å². The van der Waals surface area contributed by atoms with Crippen molar-refractivity contribution in [2.24, 2.45) is 0 Å². The highest BCUT2D eigenvalue weighted by molar-refractivity contribution is 5.68. The van der Waals surface area contributed by atoms with Gasteiger partial charge in [0.1, 0.15) is 0 Å². The van der Waals surface area contributed by atoms with E-state index in [0.717, 1.165) is 12.8 Å². The minimum atomic E-state index is -0.339. The predicted octanol–water partition coefficient (Wildman–Crippen LogP) is 5.95. The van der Waals surface area contributed by atoms with Crippen LogP contribution >= 0.6 is 0 Å². The van der Waals surface area contributed by atoms with E-state index >= 15 is 0 Å². The molecule has 0 spiro atoms. The molecule has 0 fully saturated rings. The molecule has 0 radical (unpaired) electrons. The summed E-state index contributed by atoms with van der Waals surface area (Å²) < 4.78 is 4.60. The quantitative estimate of drug-likeness (QED) is 0.215. The second-order valence-electron chi connectivity index (χ2n) is 6.99. The van der Waals surface area contributed by atoms with Crippen molar-refractivity contribution in [1.29, 1.82) is 0 Å². The van der Waals surface area contributed by atoms with Gasteiger partial charge in [-0.1, -0.05) is 69.9 Å². The third-order valence-corrected chi connectivity index (χ3v) is 4.50. The summed E-state index contributed by atoms with van der Waals surface area (Å²) in [6.07, 6.45) is 17.8. The molecule has 0 bridgehead atoms. The van der Waals surface area contributed by atoms with Crippen molar-refractivity contribution in [2.45, 2.75) is 110 Å². The molecule has 3 heteroatoms. The first-order chi connectivity index (χ1) is 11.6. The smallest absolute Gasteiger partial charge is 0.305 e. The van der Waals surface area contributed by atoms with Crippen LogP contribution in [0.3, 0.4) is 0 Å². The van der Waals surface area contributed by atoms with Gasteiger partial charge < -0.3 is 9.84 Å². The molecule has 0 saturated heterocycles. The van der Waals surface area contributed by atoms with Gasteiger partial charge in [-0.05, 0) is 39.0 Å². The second-order valence-corrected chi connectivity index (χ2v) is 6.99. The van der Waals surface area contributed by atoms with Gasteiger partial charge in [0.25, 0.3) is 0 Å². The lowest BCUT2D eigenvalue weighted by Gasteiger charge is -2.10. The average molecular weight is 341 g/mol. The highest BCUT2D eigenvalue weighted by atomic mass is 16.5. The van der Waals surface area contributed by atoms with Gasteiger partial charge in [-0.2, -0.15) is 0 Å². The molecule has 1 atom stereocenters. The molecule has 0 amide bonds. The normalized spacial score (nSPS) is 13.1. The minimum Gasteiger partial charge on any atom is -0.469 e. The highest BCUT2D eigenvalue weighted by Gasteiger charge is 2.07. The Morgan fingerprint density at radius 2 is 1.58 bits per heavy atom.